The van der Waals surface area contributed by atoms with Crippen molar-refractivity contribution in [1.82, 2.24) is 4.98 Å². The Balaban J connectivity index is 1.96. The van der Waals surface area contributed by atoms with Crippen molar-refractivity contribution in [2.45, 2.75) is 71.6 Å². The molecule has 0 bridgehead atoms. The molecule has 1 N–H and O–H groups in total. The Hall–Kier alpha value is -1.24. The van der Waals surface area contributed by atoms with Gasteiger partial charge in [0, 0.05) is 16.6 Å². The number of aromatic amines is 1. The highest BCUT2D eigenvalue weighted by molar-refractivity contribution is 5.84. The Kier molecular flexibility index (Phi) is 6.17. The van der Waals surface area contributed by atoms with E-state index in [1.165, 1.54) is 74.4 Å². The van der Waals surface area contributed by atoms with Gasteiger partial charge in [-0.25, -0.2) is 0 Å². The molecule has 1 aromatic heterocycles. The molecule has 0 fully saturated rings. The van der Waals surface area contributed by atoms with Crippen LogP contribution in [0, 0.1) is 0 Å². The summed E-state index contributed by atoms with van der Waals surface area (Å²) in [4.78, 5) is 3.65. The summed E-state index contributed by atoms with van der Waals surface area (Å²) >= 11 is 0. The van der Waals surface area contributed by atoms with Crippen molar-refractivity contribution in [2.75, 3.05) is 0 Å². The van der Waals surface area contributed by atoms with Crippen LogP contribution in [0.25, 0.3) is 10.9 Å². The quantitative estimate of drug-likeness (QED) is 0.536. The summed E-state index contributed by atoms with van der Waals surface area (Å²) in [7, 11) is 0. The van der Waals surface area contributed by atoms with E-state index in [4.69, 9.17) is 0 Å². The van der Waals surface area contributed by atoms with Crippen molar-refractivity contribution < 1.29 is 0 Å². The topological polar surface area (TPSA) is 15.8 Å². The number of rotatable bonds is 9. The molecule has 2 aromatic rings. The smallest absolute Gasteiger partial charge is 0.0458 e. The number of hydrogen-bond acceptors (Lipinski definition) is 0. The molecule has 0 aliphatic carbocycles. The van der Waals surface area contributed by atoms with Crippen molar-refractivity contribution >= 4 is 10.9 Å². The third-order valence-corrected chi connectivity index (χ3v) is 4.18. The molecular formula is C19H29N. The monoisotopic (exact) mass is 271 g/mol. The lowest BCUT2D eigenvalue weighted by Gasteiger charge is -2.04. The fourth-order valence-corrected chi connectivity index (χ4v) is 3.09. The Morgan fingerprint density at radius 3 is 2.35 bits per heavy atom. The zero-order valence-corrected chi connectivity index (χ0v) is 13.2. The highest BCUT2D eigenvalue weighted by Gasteiger charge is 2.09. The molecule has 1 heterocycles. The molecule has 0 saturated heterocycles. The minimum absolute atomic E-state index is 1.20. The standard InChI is InChI=1S/C19H29N/c1-3-5-6-7-8-9-14-18-16(12-4-2)17-13-10-11-15-19(17)20-18/h10-11,13,15,20H,3-9,12,14H2,1-2H3. The number of para-hydroxylation sites is 1. The third kappa shape index (κ3) is 3.88. The van der Waals surface area contributed by atoms with E-state index in [9.17, 15) is 0 Å². The van der Waals surface area contributed by atoms with Crippen molar-refractivity contribution in [3.8, 4) is 0 Å². The number of nitrogens with one attached hydrogen (secondary N) is 1. The molecule has 2 rings (SSSR count). The van der Waals surface area contributed by atoms with Crippen LogP contribution in [0.3, 0.4) is 0 Å². The van der Waals surface area contributed by atoms with Gasteiger partial charge in [-0.2, -0.15) is 0 Å². The van der Waals surface area contributed by atoms with Crippen LogP contribution in [0.2, 0.25) is 0 Å². The second-order valence-electron chi connectivity index (χ2n) is 5.90. The highest BCUT2D eigenvalue weighted by Crippen LogP contribution is 2.25. The van der Waals surface area contributed by atoms with Gasteiger partial charge in [0.25, 0.3) is 0 Å². The van der Waals surface area contributed by atoms with Gasteiger partial charge >= 0.3 is 0 Å². The van der Waals surface area contributed by atoms with Crippen molar-refractivity contribution in [2.24, 2.45) is 0 Å². The molecule has 0 radical (unpaired) electrons. The first-order chi connectivity index (χ1) is 9.86. The Morgan fingerprint density at radius 1 is 0.800 bits per heavy atom. The summed E-state index contributed by atoms with van der Waals surface area (Å²) in [5, 5.41) is 1.44. The summed E-state index contributed by atoms with van der Waals surface area (Å²) in [6.07, 6.45) is 11.9. The predicted molar refractivity (Wildman–Crippen MR) is 89.4 cm³/mol. The highest BCUT2D eigenvalue weighted by atomic mass is 14.7. The number of fused-ring (bicyclic) bond motifs is 1. The number of benzene rings is 1. The fraction of sp³-hybridized carbons (Fsp3) is 0.579. The van der Waals surface area contributed by atoms with Gasteiger partial charge in [-0.05, 0) is 30.9 Å². The van der Waals surface area contributed by atoms with E-state index < -0.39 is 0 Å². The number of unbranched alkanes of at least 4 members (excludes halogenated alkanes) is 5. The van der Waals surface area contributed by atoms with Gasteiger partial charge in [0.05, 0.1) is 0 Å². The maximum atomic E-state index is 3.65. The van der Waals surface area contributed by atoms with Crippen LogP contribution >= 0.6 is 0 Å². The van der Waals surface area contributed by atoms with E-state index in [1.54, 1.807) is 5.56 Å². The molecule has 1 aromatic carbocycles. The summed E-state index contributed by atoms with van der Waals surface area (Å²) < 4.78 is 0. The van der Waals surface area contributed by atoms with Gasteiger partial charge < -0.3 is 4.98 Å². The number of H-pyrrole nitrogens is 1. The second-order valence-corrected chi connectivity index (χ2v) is 5.90. The summed E-state index contributed by atoms with van der Waals surface area (Å²) in [6, 6.07) is 8.76. The second kappa shape index (κ2) is 8.14. The predicted octanol–water partition coefficient (Wildman–Crippen LogP) is 6.02. The first-order valence-electron chi connectivity index (χ1n) is 8.45. The average Bonchev–Trinajstić information content (AvgIpc) is 2.81. The van der Waals surface area contributed by atoms with E-state index in [1.807, 2.05) is 0 Å². The molecule has 0 atom stereocenters. The number of aryl methyl sites for hydroxylation is 2. The minimum Gasteiger partial charge on any atom is -0.358 e. The maximum absolute atomic E-state index is 3.65. The van der Waals surface area contributed by atoms with Crippen LogP contribution in [-0.2, 0) is 12.8 Å². The van der Waals surface area contributed by atoms with Gasteiger partial charge in [-0.15, -0.1) is 0 Å². The lowest BCUT2D eigenvalue weighted by Crippen LogP contribution is -1.93. The lowest BCUT2D eigenvalue weighted by atomic mass is 10.0. The van der Waals surface area contributed by atoms with Crippen LogP contribution in [-0.4, -0.2) is 4.98 Å². The van der Waals surface area contributed by atoms with Gasteiger partial charge in [0.2, 0.25) is 0 Å². The van der Waals surface area contributed by atoms with E-state index in [-0.39, 0.29) is 0 Å². The lowest BCUT2D eigenvalue weighted by molar-refractivity contribution is 0.604. The van der Waals surface area contributed by atoms with Gasteiger partial charge in [0.1, 0.15) is 0 Å². The maximum Gasteiger partial charge on any atom is 0.0458 e. The van der Waals surface area contributed by atoms with E-state index in [0.29, 0.717) is 0 Å². The Morgan fingerprint density at radius 2 is 1.55 bits per heavy atom. The number of hydrogen-bond donors (Lipinski definition) is 1. The molecule has 1 nitrogen and oxygen atoms in total. The molecule has 1 heteroatoms. The average molecular weight is 271 g/mol. The van der Waals surface area contributed by atoms with Crippen LogP contribution < -0.4 is 0 Å². The Labute approximate surface area is 123 Å². The van der Waals surface area contributed by atoms with Crippen LogP contribution in [0.1, 0.15) is 70.1 Å². The van der Waals surface area contributed by atoms with Crippen LogP contribution in [0.15, 0.2) is 24.3 Å². The summed E-state index contributed by atoms with van der Waals surface area (Å²) in [5.74, 6) is 0. The summed E-state index contributed by atoms with van der Waals surface area (Å²) in [6.45, 7) is 4.55. The zero-order valence-electron chi connectivity index (χ0n) is 13.2. The van der Waals surface area contributed by atoms with E-state index >= 15 is 0 Å². The first kappa shape index (κ1) is 15.2. The zero-order chi connectivity index (χ0) is 14.2. The summed E-state index contributed by atoms with van der Waals surface area (Å²) in [5.41, 5.74) is 4.37. The van der Waals surface area contributed by atoms with Gasteiger partial charge in [-0.3, -0.25) is 0 Å². The normalized spacial score (nSPS) is 11.3. The SMILES string of the molecule is CCCCCCCCc1[nH]c2ccccc2c1CCC. The fourth-order valence-electron chi connectivity index (χ4n) is 3.09. The van der Waals surface area contributed by atoms with Crippen molar-refractivity contribution in [3.05, 3.63) is 35.5 Å². The van der Waals surface area contributed by atoms with Crippen LogP contribution in [0.5, 0.6) is 0 Å². The molecule has 0 amide bonds. The Bertz CT molecular complexity index is 509. The molecule has 110 valence electrons. The molecule has 0 aliphatic rings. The minimum atomic E-state index is 1.20. The van der Waals surface area contributed by atoms with Gasteiger partial charge in [-0.1, -0.05) is 70.6 Å². The van der Waals surface area contributed by atoms with Gasteiger partial charge in [0.15, 0.2) is 0 Å². The van der Waals surface area contributed by atoms with E-state index in [0.717, 1.165) is 0 Å². The molecule has 0 saturated carbocycles. The van der Waals surface area contributed by atoms with E-state index in [2.05, 4.69) is 43.1 Å². The molecule has 0 spiro atoms. The molecular weight excluding hydrogens is 242 g/mol. The molecule has 0 unspecified atom stereocenters. The largest absolute Gasteiger partial charge is 0.358 e. The molecule has 0 aliphatic heterocycles. The van der Waals surface area contributed by atoms with Crippen molar-refractivity contribution in [1.29, 1.82) is 0 Å². The molecule has 20 heavy (non-hydrogen) atoms. The third-order valence-electron chi connectivity index (χ3n) is 4.18. The first-order valence-corrected chi connectivity index (χ1v) is 8.45. The van der Waals surface area contributed by atoms with Crippen molar-refractivity contribution in [3.63, 3.8) is 0 Å². The number of aromatic nitrogens is 1. The van der Waals surface area contributed by atoms with Crippen LogP contribution in [0.4, 0.5) is 0 Å².